The van der Waals surface area contributed by atoms with Crippen LogP contribution < -0.4 is 10.1 Å². The van der Waals surface area contributed by atoms with Gasteiger partial charge in [0.25, 0.3) is 0 Å². The predicted molar refractivity (Wildman–Crippen MR) is 74.0 cm³/mol. The minimum Gasteiger partial charge on any atom is -0.489 e. The van der Waals surface area contributed by atoms with Crippen molar-refractivity contribution in [1.29, 1.82) is 0 Å². The summed E-state index contributed by atoms with van der Waals surface area (Å²) in [7, 11) is 0. The first-order valence-corrected chi connectivity index (χ1v) is 6.90. The van der Waals surface area contributed by atoms with Crippen LogP contribution in [0.5, 0.6) is 5.75 Å². The second-order valence-corrected chi connectivity index (χ2v) is 5.22. The van der Waals surface area contributed by atoms with E-state index in [0.29, 0.717) is 24.0 Å². The van der Waals surface area contributed by atoms with Crippen molar-refractivity contribution in [2.24, 2.45) is 0 Å². The van der Waals surface area contributed by atoms with Crippen LogP contribution in [-0.2, 0) is 13.2 Å². The number of halogens is 1. The first-order valence-electron chi connectivity index (χ1n) is 6.90. The number of nitrogens with one attached hydrogen (secondary N) is 1. The molecule has 0 bridgehead atoms. The van der Waals surface area contributed by atoms with Crippen LogP contribution in [0.15, 0.2) is 34.9 Å². The highest BCUT2D eigenvalue weighted by atomic mass is 19.1. The van der Waals surface area contributed by atoms with E-state index in [1.165, 1.54) is 18.9 Å². The molecule has 0 unspecified atom stereocenters. The Bertz CT molecular complexity index is 590. The Labute approximate surface area is 117 Å². The second-order valence-electron chi connectivity index (χ2n) is 5.22. The van der Waals surface area contributed by atoms with E-state index in [1.54, 1.807) is 25.3 Å². The smallest absolute Gasteiger partial charge is 0.126 e. The number of hydrogen-bond donors (Lipinski definition) is 1. The van der Waals surface area contributed by atoms with E-state index in [4.69, 9.17) is 9.15 Å². The Morgan fingerprint density at radius 1 is 1.35 bits per heavy atom. The zero-order chi connectivity index (χ0) is 13.9. The van der Waals surface area contributed by atoms with E-state index in [9.17, 15) is 4.39 Å². The number of hydrogen-bond acceptors (Lipinski definition) is 3. The summed E-state index contributed by atoms with van der Waals surface area (Å²) in [6.07, 6.45) is 4.18. The molecule has 4 heteroatoms. The molecule has 1 saturated carbocycles. The maximum absolute atomic E-state index is 13.2. The van der Waals surface area contributed by atoms with Gasteiger partial charge in [0.05, 0.1) is 12.8 Å². The van der Waals surface area contributed by atoms with Crippen molar-refractivity contribution in [2.45, 2.75) is 39.0 Å². The van der Waals surface area contributed by atoms with Gasteiger partial charge >= 0.3 is 0 Å². The number of furan rings is 1. The molecule has 106 valence electrons. The molecule has 1 aromatic heterocycles. The monoisotopic (exact) mass is 275 g/mol. The average Bonchev–Trinajstić information content (AvgIpc) is 3.16. The molecule has 3 rings (SSSR count). The van der Waals surface area contributed by atoms with Gasteiger partial charge in [-0.2, -0.15) is 0 Å². The Morgan fingerprint density at radius 2 is 2.20 bits per heavy atom. The van der Waals surface area contributed by atoms with Gasteiger partial charge in [0.2, 0.25) is 0 Å². The summed E-state index contributed by atoms with van der Waals surface area (Å²) in [5.74, 6) is 1.37. The molecule has 0 amide bonds. The van der Waals surface area contributed by atoms with Gasteiger partial charge in [0, 0.05) is 11.6 Å². The molecule has 0 radical (unpaired) electrons. The topological polar surface area (TPSA) is 34.4 Å². The average molecular weight is 275 g/mol. The van der Waals surface area contributed by atoms with Crippen molar-refractivity contribution >= 4 is 0 Å². The number of aryl methyl sites for hydroxylation is 1. The van der Waals surface area contributed by atoms with Crippen molar-refractivity contribution in [3.63, 3.8) is 0 Å². The van der Waals surface area contributed by atoms with Crippen LogP contribution in [0.4, 0.5) is 4.39 Å². The fourth-order valence-corrected chi connectivity index (χ4v) is 2.04. The van der Waals surface area contributed by atoms with Crippen LogP contribution in [0.25, 0.3) is 0 Å². The molecule has 0 atom stereocenters. The summed E-state index contributed by atoms with van der Waals surface area (Å²) in [6.45, 7) is 2.90. The van der Waals surface area contributed by atoms with Crippen molar-refractivity contribution in [1.82, 2.24) is 5.32 Å². The minimum absolute atomic E-state index is 0.213. The van der Waals surface area contributed by atoms with Crippen molar-refractivity contribution in [3.8, 4) is 5.75 Å². The van der Waals surface area contributed by atoms with Gasteiger partial charge in [-0.05, 0) is 49.6 Å². The largest absolute Gasteiger partial charge is 0.489 e. The third-order valence-corrected chi connectivity index (χ3v) is 3.49. The Kier molecular flexibility index (Phi) is 3.74. The first-order chi connectivity index (χ1) is 9.72. The van der Waals surface area contributed by atoms with Crippen molar-refractivity contribution in [3.05, 3.63) is 53.2 Å². The molecule has 0 saturated heterocycles. The SMILES string of the molecule is Cc1cc(OCc2ccoc2CNC2CC2)ccc1F. The Hall–Kier alpha value is -1.81. The highest BCUT2D eigenvalue weighted by Crippen LogP contribution is 2.22. The molecular weight excluding hydrogens is 257 g/mol. The molecule has 1 aliphatic rings. The van der Waals surface area contributed by atoms with E-state index in [2.05, 4.69) is 5.32 Å². The van der Waals surface area contributed by atoms with Crippen LogP contribution >= 0.6 is 0 Å². The summed E-state index contributed by atoms with van der Waals surface area (Å²) >= 11 is 0. The lowest BCUT2D eigenvalue weighted by molar-refractivity contribution is 0.300. The minimum atomic E-state index is -0.213. The fraction of sp³-hybridized carbons (Fsp3) is 0.375. The molecule has 1 N–H and O–H groups in total. The summed E-state index contributed by atoms with van der Waals surface area (Å²) in [5.41, 5.74) is 1.62. The molecule has 1 aliphatic carbocycles. The lowest BCUT2D eigenvalue weighted by atomic mass is 10.2. The van der Waals surface area contributed by atoms with Gasteiger partial charge < -0.3 is 14.5 Å². The molecule has 3 nitrogen and oxygen atoms in total. The highest BCUT2D eigenvalue weighted by molar-refractivity contribution is 5.29. The maximum atomic E-state index is 13.2. The van der Waals surface area contributed by atoms with Crippen LogP contribution in [0.1, 0.15) is 29.7 Å². The van der Waals surface area contributed by atoms with Crippen molar-refractivity contribution in [2.75, 3.05) is 0 Å². The molecule has 0 aliphatic heterocycles. The van der Waals surface area contributed by atoms with E-state index in [1.807, 2.05) is 6.07 Å². The van der Waals surface area contributed by atoms with Crippen LogP contribution in [0.3, 0.4) is 0 Å². The zero-order valence-corrected chi connectivity index (χ0v) is 11.5. The van der Waals surface area contributed by atoms with Crippen LogP contribution in [0, 0.1) is 12.7 Å². The lowest BCUT2D eigenvalue weighted by Gasteiger charge is -2.08. The zero-order valence-electron chi connectivity index (χ0n) is 11.5. The highest BCUT2D eigenvalue weighted by Gasteiger charge is 2.21. The quantitative estimate of drug-likeness (QED) is 0.875. The number of benzene rings is 1. The maximum Gasteiger partial charge on any atom is 0.126 e. The second kappa shape index (κ2) is 5.67. The molecule has 20 heavy (non-hydrogen) atoms. The summed E-state index contributed by atoms with van der Waals surface area (Å²) < 4.78 is 24.3. The van der Waals surface area contributed by atoms with Gasteiger partial charge in [-0.1, -0.05) is 0 Å². The molecule has 1 heterocycles. The molecular formula is C16H18FNO2. The van der Waals surface area contributed by atoms with Crippen LogP contribution in [0.2, 0.25) is 0 Å². The normalized spacial score (nSPS) is 14.5. The summed E-state index contributed by atoms with van der Waals surface area (Å²) in [5, 5.41) is 3.42. The standard InChI is InChI=1S/C16H18FNO2/c1-11-8-14(4-5-15(11)17)20-10-12-6-7-19-16(12)9-18-13-2-3-13/h4-8,13,18H,2-3,9-10H2,1H3. The Balaban J connectivity index is 1.59. The van der Waals surface area contributed by atoms with E-state index in [0.717, 1.165) is 17.9 Å². The van der Waals surface area contributed by atoms with Gasteiger partial charge in [-0.25, -0.2) is 4.39 Å². The summed E-state index contributed by atoms with van der Waals surface area (Å²) in [6, 6.07) is 7.34. The predicted octanol–water partition coefficient (Wildman–Crippen LogP) is 3.56. The fourth-order valence-electron chi connectivity index (χ4n) is 2.04. The molecule has 2 aromatic rings. The van der Waals surface area contributed by atoms with Crippen LogP contribution in [-0.4, -0.2) is 6.04 Å². The lowest BCUT2D eigenvalue weighted by Crippen LogP contribution is -2.16. The van der Waals surface area contributed by atoms with Gasteiger partial charge in [0.15, 0.2) is 0 Å². The molecule has 0 spiro atoms. The number of rotatable bonds is 6. The van der Waals surface area contributed by atoms with E-state index >= 15 is 0 Å². The van der Waals surface area contributed by atoms with E-state index in [-0.39, 0.29) is 5.82 Å². The summed E-state index contributed by atoms with van der Waals surface area (Å²) in [4.78, 5) is 0. The number of ether oxygens (including phenoxy) is 1. The third kappa shape index (κ3) is 3.20. The Morgan fingerprint density at radius 3 is 2.95 bits per heavy atom. The van der Waals surface area contributed by atoms with Crippen molar-refractivity contribution < 1.29 is 13.5 Å². The van der Waals surface area contributed by atoms with E-state index < -0.39 is 0 Å². The third-order valence-electron chi connectivity index (χ3n) is 3.49. The first kappa shape index (κ1) is 13.2. The molecule has 1 aromatic carbocycles. The van der Waals surface area contributed by atoms with Gasteiger partial charge in [0.1, 0.15) is 23.9 Å². The van der Waals surface area contributed by atoms with Gasteiger partial charge in [-0.15, -0.1) is 0 Å². The van der Waals surface area contributed by atoms with Gasteiger partial charge in [-0.3, -0.25) is 0 Å². The molecule has 1 fully saturated rings.